The molecule has 2 radical (unpaired) electrons. The van der Waals surface area contributed by atoms with E-state index in [9.17, 15) is 0 Å². The number of hydrogen-bond donors (Lipinski definition) is 0. The Morgan fingerprint density at radius 3 is 0.882 bits per heavy atom. The first kappa shape index (κ1) is 21.9. The molecule has 90 valence electrons. The van der Waals surface area contributed by atoms with E-state index < -0.39 is 0 Å². The normalized spacial score (nSPS) is 7.06. The van der Waals surface area contributed by atoms with Gasteiger partial charge in [0, 0.05) is 0 Å². The van der Waals surface area contributed by atoms with E-state index in [2.05, 4.69) is 0 Å². The van der Waals surface area contributed by atoms with E-state index in [0.717, 1.165) is 9.79 Å². The molecular formula is C14H18S2Sn. The fourth-order valence-corrected chi connectivity index (χ4v) is 1.16. The molecule has 3 heteroatoms. The number of rotatable bonds is 0. The number of hydrogen-bond acceptors (Lipinski definition) is 2. The van der Waals surface area contributed by atoms with Crippen LogP contribution < -0.4 is 0 Å². The molecule has 0 amide bonds. The zero-order chi connectivity index (χ0) is 10.2. The summed E-state index contributed by atoms with van der Waals surface area (Å²) in [6.07, 6.45) is 0. The second-order valence-electron chi connectivity index (χ2n) is 2.63. The van der Waals surface area contributed by atoms with E-state index in [4.69, 9.17) is 25.3 Å². The fourth-order valence-electron chi connectivity index (χ4n) is 0.841. The Labute approximate surface area is 134 Å². The molecule has 0 atom stereocenters. The molecule has 17 heavy (non-hydrogen) atoms. The maximum Gasteiger partial charge on any atom is 2.00 e. The van der Waals surface area contributed by atoms with Gasteiger partial charge in [0.1, 0.15) is 0 Å². The summed E-state index contributed by atoms with van der Waals surface area (Å²) >= 11 is 9.62. The summed E-state index contributed by atoms with van der Waals surface area (Å²) in [7, 11) is 0. The average Bonchev–Trinajstić information content (AvgIpc) is 2.21. The van der Waals surface area contributed by atoms with Crippen molar-refractivity contribution in [1.82, 2.24) is 0 Å². The molecule has 0 N–H and O–H groups in total. The molecule has 0 aromatic heterocycles. The minimum atomic E-state index is 0. The van der Waals surface area contributed by atoms with Crippen molar-refractivity contribution in [1.29, 1.82) is 0 Å². The van der Waals surface area contributed by atoms with E-state index >= 15 is 0 Å². The van der Waals surface area contributed by atoms with Crippen LogP contribution in [0.5, 0.6) is 0 Å². The van der Waals surface area contributed by atoms with Crippen LogP contribution in [0.15, 0.2) is 70.5 Å². The van der Waals surface area contributed by atoms with Gasteiger partial charge in [-0.25, -0.2) is 0 Å². The molecule has 0 aliphatic carbocycles. The SMILES string of the molecule is C.C.[S-]c1ccccc1.[S-]c1ccccc1.[Sn+2]. The van der Waals surface area contributed by atoms with Gasteiger partial charge in [0.25, 0.3) is 0 Å². The minimum Gasteiger partial charge on any atom is -0.780 e. The first-order valence-corrected chi connectivity index (χ1v) is 5.05. The van der Waals surface area contributed by atoms with E-state index in [1.54, 1.807) is 0 Å². The van der Waals surface area contributed by atoms with Crippen LogP contribution in [-0.4, -0.2) is 23.9 Å². The Bertz CT molecular complexity index is 312. The van der Waals surface area contributed by atoms with Crippen molar-refractivity contribution in [2.75, 3.05) is 0 Å². The van der Waals surface area contributed by atoms with Crippen molar-refractivity contribution in [2.24, 2.45) is 0 Å². The molecule has 0 saturated carbocycles. The molecule has 0 aliphatic rings. The Kier molecular flexibility index (Phi) is 17.7. The molecule has 0 aliphatic heterocycles. The van der Waals surface area contributed by atoms with Crippen LogP contribution >= 0.6 is 0 Å². The minimum absolute atomic E-state index is 0. The topological polar surface area (TPSA) is 0 Å². The predicted octanol–water partition coefficient (Wildman–Crippen LogP) is 4.08. The van der Waals surface area contributed by atoms with Crippen LogP contribution in [0.25, 0.3) is 0 Å². The molecule has 0 nitrogen and oxygen atoms in total. The van der Waals surface area contributed by atoms with Gasteiger partial charge in [-0.1, -0.05) is 75.5 Å². The maximum atomic E-state index is 4.81. The van der Waals surface area contributed by atoms with Crippen molar-refractivity contribution < 1.29 is 0 Å². The summed E-state index contributed by atoms with van der Waals surface area (Å²) in [4.78, 5) is 1.81. The van der Waals surface area contributed by atoms with Gasteiger partial charge in [-0.3, -0.25) is 0 Å². The zero-order valence-corrected chi connectivity index (χ0v) is 12.6. The van der Waals surface area contributed by atoms with Crippen LogP contribution in [0.4, 0.5) is 0 Å². The largest absolute Gasteiger partial charge is 2.00 e. The summed E-state index contributed by atoms with van der Waals surface area (Å²) in [5, 5.41) is 0. The summed E-state index contributed by atoms with van der Waals surface area (Å²) in [5.41, 5.74) is 0. The van der Waals surface area contributed by atoms with Crippen LogP contribution in [0.2, 0.25) is 0 Å². The quantitative estimate of drug-likeness (QED) is 0.507. The maximum absolute atomic E-state index is 4.81. The Morgan fingerprint density at radius 2 is 0.765 bits per heavy atom. The van der Waals surface area contributed by atoms with Gasteiger partial charge in [-0.2, -0.15) is 9.79 Å². The van der Waals surface area contributed by atoms with Crippen molar-refractivity contribution in [3.63, 3.8) is 0 Å². The molecule has 0 saturated heterocycles. The van der Waals surface area contributed by atoms with Crippen molar-refractivity contribution >= 4 is 49.2 Å². The smallest absolute Gasteiger partial charge is 0.780 e. The molecule has 0 bridgehead atoms. The van der Waals surface area contributed by atoms with E-state index in [1.807, 2.05) is 60.7 Å². The van der Waals surface area contributed by atoms with Crippen molar-refractivity contribution in [3.05, 3.63) is 60.7 Å². The fraction of sp³-hybridized carbons (Fsp3) is 0.143. The van der Waals surface area contributed by atoms with E-state index in [0.29, 0.717) is 0 Å². The Morgan fingerprint density at radius 1 is 0.529 bits per heavy atom. The molecule has 2 aromatic rings. The van der Waals surface area contributed by atoms with Crippen LogP contribution in [0.3, 0.4) is 0 Å². The third kappa shape index (κ3) is 11.9. The van der Waals surface area contributed by atoms with Crippen molar-refractivity contribution in [3.8, 4) is 0 Å². The van der Waals surface area contributed by atoms with Gasteiger partial charge in [-0.15, -0.1) is 0 Å². The van der Waals surface area contributed by atoms with Crippen LogP contribution in [0.1, 0.15) is 14.9 Å². The molecule has 0 fully saturated rings. The Hall–Kier alpha value is -0.321. The summed E-state index contributed by atoms with van der Waals surface area (Å²) in [6, 6.07) is 19.2. The molecule has 0 unspecified atom stereocenters. The second-order valence-corrected chi connectivity index (χ2v) is 3.57. The summed E-state index contributed by atoms with van der Waals surface area (Å²) in [5.74, 6) is 0. The van der Waals surface area contributed by atoms with Gasteiger partial charge in [0.05, 0.1) is 0 Å². The molecule has 2 rings (SSSR count). The van der Waals surface area contributed by atoms with Gasteiger partial charge in [-0.05, 0) is 0 Å². The van der Waals surface area contributed by atoms with Gasteiger partial charge in [0.15, 0.2) is 0 Å². The van der Waals surface area contributed by atoms with Gasteiger partial charge in [0.2, 0.25) is 0 Å². The second kappa shape index (κ2) is 13.7. The van der Waals surface area contributed by atoms with Crippen LogP contribution in [-0.2, 0) is 25.3 Å². The standard InChI is InChI=1S/2C6H6S.2CH4.Sn/c2*7-6-4-2-1-3-5-6;;;/h2*1-5,7H;2*1H4;/q;;;;+2/p-2. The molecule has 0 spiro atoms. The van der Waals surface area contributed by atoms with Crippen LogP contribution in [0, 0.1) is 0 Å². The summed E-state index contributed by atoms with van der Waals surface area (Å²) in [6.45, 7) is 0. The average molecular weight is 369 g/mol. The first-order chi connectivity index (χ1) is 6.79. The Balaban J connectivity index is -0.000000196. The number of benzene rings is 2. The molecule has 2 aromatic carbocycles. The third-order valence-electron chi connectivity index (χ3n) is 1.49. The molecular weight excluding hydrogens is 351 g/mol. The zero-order valence-electron chi connectivity index (χ0n) is 8.09. The summed E-state index contributed by atoms with van der Waals surface area (Å²) < 4.78 is 0. The van der Waals surface area contributed by atoms with Gasteiger partial charge < -0.3 is 25.3 Å². The predicted molar refractivity (Wildman–Crippen MR) is 83.4 cm³/mol. The van der Waals surface area contributed by atoms with E-state index in [-0.39, 0.29) is 38.8 Å². The first-order valence-electron chi connectivity index (χ1n) is 4.23. The third-order valence-corrected chi connectivity index (χ3v) is 2.03. The van der Waals surface area contributed by atoms with E-state index in [1.165, 1.54) is 0 Å². The van der Waals surface area contributed by atoms with Crippen molar-refractivity contribution in [2.45, 2.75) is 24.6 Å². The molecule has 0 heterocycles. The van der Waals surface area contributed by atoms with Gasteiger partial charge >= 0.3 is 23.9 Å². The monoisotopic (exact) mass is 370 g/mol.